The molecule has 0 bridgehead atoms. The number of nitrogens with zero attached hydrogens (tertiary/aromatic N) is 5. The number of carbonyl (C=O) groups is 5. The van der Waals surface area contributed by atoms with Gasteiger partial charge in [-0.1, -0.05) is 172 Å². The summed E-state index contributed by atoms with van der Waals surface area (Å²) in [5.41, 5.74) is 16.0. The van der Waals surface area contributed by atoms with Crippen LogP contribution < -0.4 is 15.5 Å². The van der Waals surface area contributed by atoms with Gasteiger partial charge in [-0.3, -0.25) is 29.1 Å². The molecule has 4 aromatic rings. The topological polar surface area (TPSA) is 203 Å². The Hall–Kier alpha value is -6.25. The van der Waals surface area contributed by atoms with Gasteiger partial charge >= 0.3 is 17.9 Å². The molecule has 4 N–H and O–H groups in total. The molecule has 1 atom stereocenters. The Morgan fingerprint density at radius 1 is 0.629 bits per heavy atom. The highest BCUT2D eigenvalue weighted by atomic mass is 16.5. The molecule has 2 saturated heterocycles. The van der Waals surface area contributed by atoms with Crippen molar-refractivity contribution >= 4 is 46.8 Å². The summed E-state index contributed by atoms with van der Waals surface area (Å²) in [5, 5.41) is 20.5. The summed E-state index contributed by atoms with van der Waals surface area (Å²) in [6.45, 7) is 23.7. The zero-order valence-corrected chi connectivity index (χ0v) is 56.1. The van der Waals surface area contributed by atoms with Gasteiger partial charge < -0.3 is 30.1 Å². The number of hydrogen-bond donors (Lipinski definition) is 3. The van der Waals surface area contributed by atoms with Gasteiger partial charge in [0.15, 0.2) is 5.82 Å². The van der Waals surface area contributed by atoms with Crippen molar-refractivity contribution in [1.29, 1.82) is 0 Å². The molecule has 2 aromatic carbocycles. The maximum atomic E-state index is 13.5. The monoisotopic (exact) mass is 1230 g/mol. The van der Waals surface area contributed by atoms with Crippen LogP contribution in [-0.2, 0) is 35.1 Å². The van der Waals surface area contributed by atoms with Crippen LogP contribution in [0.15, 0.2) is 71.8 Å². The number of aromatic nitrogens is 4. The van der Waals surface area contributed by atoms with Gasteiger partial charge in [-0.05, 0) is 145 Å². The van der Waals surface area contributed by atoms with Crippen LogP contribution in [0, 0.1) is 47.3 Å². The predicted octanol–water partition coefficient (Wildman–Crippen LogP) is 16.9. The second-order valence-electron chi connectivity index (χ2n) is 27.5. The van der Waals surface area contributed by atoms with Gasteiger partial charge in [0.2, 0.25) is 0 Å². The Balaban J connectivity index is 0.000000182. The molecule has 4 aliphatic carbocycles. The number of ketones is 1. The first-order valence-corrected chi connectivity index (χ1v) is 34.7. The van der Waals surface area contributed by atoms with Crippen LogP contribution in [0.25, 0.3) is 22.5 Å². The quantitative estimate of drug-likeness (QED) is 0.0666. The number of fused-ring (bicyclic) bond motifs is 1. The van der Waals surface area contributed by atoms with E-state index in [1.165, 1.54) is 114 Å². The van der Waals surface area contributed by atoms with E-state index in [2.05, 4.69) is 97.9 Å². The third kappa shape index (κ3) is 22.9. The van der Waals surface area contributed by atoms with E-state index in [1.54, 1.807) is 4.68 Å². The van der Waals surface area contributed by atoms with Crippen LogP contribution >= 0.6 is 0 Å². The third-order valence-electron chi connectivity index (χ3n) is 18.6. The highest BCUT2D eigenvalue weighted by molar-refractivity contribution is 6.00. The lowest BCUT2D eigenvalue weighted by Gasteiger charge is -2.31. The fourth-order valence-corrected chi connectivity index (χ4v) is 13.5. The molecule has 1 unspecified atom stereocenters. The first kappa shape index (κ1) is 71.8. The van der Waals surface area contributed by atoms with E-state index in [0.29, 0.717) is 61.5 Å². The van der Waals surface area contributed by atoms with Crippen molar-refractivity contribution in [2.45, 2.75) is 229 Å². The van der Waals surface area contributed by atoms with E-state index in [0.717, 1.165) is 129 Å². The number of aromatic amines is 1. The molecule has 2 aromatic heterocycles. The number of nitrogen functional groups attached to an aromatic ring is 1. The van der Waals surface area contributed by atoms with Crippen molar-refractivity contribution < 1.29 is 38.6 Å². The van der Waals surface area contributed by atoms with Crippen LogP contribution in [0.1, 0.15) is 233 Å². The number of anilines is 3. The van der Waals surface area contributed by atoms with E-state index in [4.69, 9.17) is 25.4 Å². The van der Waals surface area contributed by atoms with Crippen LogP contribution in [0.4, 0.5) is 17.2 Å². The molecular formula is C74H113N7O8. The number of nitrogens with one attached hydrogen (secondary N) is 1. The lowest BCUT2D eigenvalue weighted by molar-refractivity contribution is -0.155. The summed E-state index contributed by atoms with van der Waals surface area (Å²) in [6, 6.07) is 20.6. The lowest BCUT2D eigenvalue weighted by Crippen LogP contribution is -2.32. The molecule has 0 spiro atoms. The molecule has 15 nitrogen and oxygen atoms in total. The van der Waals surface area contributed by atoms with Crippen molar-refractivity contribution in [3.05, 3.63) is 77.5 Å². The number of allylic oxidation sites excluding steroid dienone is 2. The second kappa shape index (κ2) is 37.8. The van der Waals surface area contributed by atoms with E-state index in [1.807, 2.05) is 38.1 Å². The Labute approximate surface area is 534 Å². The SMILES string of the molecule is CC(=O)C(C(=O)OCC(C)C)C1CCCC1.CC(C)COC(=O)CC1CCCC1.CC1=C(C2CCCC2)C(=O)n2nc(-c3ccccc3)c(N3CCCCC3)c2C1.CCC(C)C.Nc1n[nH]c(-c2ccccc2)c1N1CCCCC1.O=C(O)CC1CCCC1. The molecule has 492 valence electrons. The summed E-state index contributed by atoms with van der Waals surface area (Å²) < 4.78 is 12.1. The van der Waals surface area contributed by atoms with Gasteiger partial charge in [0, 0.05) is 62.1 Å². The Morgan fingerprint density at radius 3 is 1.60 bits per heavy atom. The standard InChI is InChI=1S/C24H29N3O.C14H18N4.C13H22O3.C11H20O2.C7H12O2.C5H12/c1-17-16-20-23(26-14-8-3-9-15-26)22(19-12-4-2-5-13-19)25-27(20)24(28)21(17)18-10-6-7-11-18;15-14-13(18-9-5-2-6-10-18)12(16-17-14)11-7-3-1-4-8-11;1-9(2)8-16-13(15)12(10(3)14)11-6-4-5-7-11;1-9(2)8-13-11(12)7-10-5-3-4-6-10;8-7(9)5-6-3-1-2-4-6;1-4-5(2)3/h2,4-5,12-13,18H,3,6-11,14-16H2,1H3;1,3-4,7-8H,2,5-6,9-10H2,(H3,15,16,17);9,11-12H,4-8H2,1-3H3;9-10H,3-8H2,1-2H3;6H,1-5H2,(H,8,9);5H,4H2,1-3H3. The summed E-state index contributed by atoms with van der Waals surface area (Å²) in [6.07, 6.45) is 29.5. The Kier molecular flexibility index (Phi) is 30.5. The molecule has 15 heteroatoms. The van der Waals surface area contributed by atoms with E-state index < -0.39 is 11.9 Å². The predicted molar refractivity (Wildman–Crippen MR) is 361 cm³/mol. The number of carbonyl (C=O) groups excluding carboxylic acids is 4. The van der Waals surface area contributed by atoms with Gasteiger partial charge in [0.25, 0.3) is 5.91 Å². The van der Waals surface area contributed by atoms with Crippen LogP contribution in [-0.4, -0.2) is 94.1 Å². The summed E-state index contributed by atoms with van der Waals surface area (Å²) in [7, 11) is 0. The van der Waals surface area contributed by atoms with Gasteiger partial charge in [-0.25, -0.2) is 0 Å². The fraction of sp³-hybridized carbons (Fsp3) is 0.662. The van der Waals surface area contributed by atoms with E-state index in [9.17, 15) is 24.0 Å². The number of carboxylic acids is 1. The summed E-state index contributed by atoms with van der Waals surface area (Å²) >= 11 is 0. The van der Waals surface area contributed by atoms with Crippen molar-refractivity contribution in [3.8, 4) is 22.5 Å². The molecular weight excluding hydrogens is 1110 g/mol. The zero-order valence-electron chi connectivity index (χ0n) is 56.1. The number of esters is 2. The van der Waals surface area contributed by atoms with Gasteiger partial charge in [-0.2, -0.15) is 14.9 Å². The number of aliphatic carboxylic acids is 1. The number of H-pyrrole nitrogens is 1. The van der Waals surface area contributed by atoms with Crippen molar-refractivity contribution in [2.24, 2.45) is 47.3 Å². The molecule has 5 heterocycles. The summed E-state index contributed by atoms with van der Waals surface area (Å²) in [5.74, 6) is 2.64. The maximum absolute atomic E-state index is 13.5. The first-order valence-electron chi connectivity index (χ1n) is 34.7. The van der Waals surface area contributed by atoms with Crippen molar-refractivity contribution in [1.82, 2.24) is 20.0 Å². The molecule has 6 fully saturated rings. The number of nitrogens with two attached hydrogens (primary N) is 1. The molecule has 0 radical (unpaired) electrons. The first-order chi connectivity index (χ1) is 42.9. The normalized spacial score (nSPS) is 18.4. The lowest BCUT2D eigenvalue weighted by atomic mass is 9.88. The van der Waals surface area contributed by atoms with Crippen LogP contribution in [0.3, 0.4) is 0 Å². The van der Waals surface area contributed by atoms with Gasteiger partial charge in [0.05, 0.1) is 30.3 Å². The Morgan fingerprint density at radius 2 is 1.10 bits per heavy atom. The van der Waals surface area contributed by atoms with Crippen LogP contribution in [0.5, 0.6) is 0 Å². The number of rotatable bonds is 17. The minimum absolute atomic E-state index is 0.000556. The van der Waals surface area contributed by atoms with Gasteiger partial charge in [0.1, 0.15) is 23.1 Å². The maximum Gasteiger partial charge on any atom is 0.316 e. The number of ether oxygens (including phenoxy) is 2. The van der Waals surface area contributed by atoms with E-state index >= 15 is 0 Å². The minimum Gasteiger partial charge on any atom is -0.481 e. The molecule has 4 saturated carbocycles. The average molecular weight is 1230 g/mol. The molecule has 0 amide bonds. The number of Topliss-reactive ketones (excluding diaryl/α,β-unsaturated/α-hetero) is 1. The number of carboxylic acid groups (broad SMARTS) is 1. The van der Waals surface area contributed by atoms with E-state index in [-0.39, 0.29) is 29.5 Å². The smallest absolute Gasteiger partial charge is 0.316 e. The highest BCUT2D eigenvalue weighted by Gasteiger charge is 2.37. The fourth-order valence-electron chi connectivity index (χ4n) is 13.5. The number of piperidine rings is 2. The van der Waals surface area contributed by atoms with Crippen LogP contribution in [0.2, 0.25) is 0 Å². The zero-order chi connectivity index (χ0) is 64.2. The van der Waals surface area contributed by atoms with Crippen molar-refractivity contribution in [3.63, 3.8) is 0 Å². The third-order valence-corrected chi connectivity index (χ3v) is 18.6. The minimum atomic E-state index is -0.637. The Bertz CT molecular complexity index is 2780. The number of benzene rings is 2. The second-order valence-corrected chi connectivity index (χ2v) is 27.5. The molecule has 89 heavy (non-hydrogen) atoms. The van der Waals surface area contributed by atoms with Gasteiger partial charge in [-0.15, -0.1) is 0 Å². The highest BCUT2D eigenvalue weighted by Crippen LogP contribution is 2.43. The largest absolute Gasteiger partial charge is 0.481 e. The molecule has 11 rings (SSSR count). The average Bonchev–Trinajstić information content (AvgIpc) is 1.63. The molecule has 3 aliphatic heterocycles. The molecule has 7 aliphatic rings. The number of hydrogen-bond acceptors (Lipinski definition) is 12. The summed E-state index contributed by atoms with van der Waals surface area (Å²) in [4.78, 5) is 63.1. The van der Waals surface area contributed by atoms with Crippen molar-refractivity contribution in [2.75, 3.05) is 54.9 Å².